The highest BCUT2D eigenvalue weighted by Crippen LogP contribution is 2.32. The number of pyridine rings is 1. The number of carbonyl (C=O) groups is 1. The lowest BCUT2D eigenvalue weighted by molar-refractivity contribution is 0.0611. The molecule has 26 heavy (non-hydrogen) atoms. The van der Waals surface area contributed by atoms with E-state index in [2.05, 4.69) is 20.5 Å². The van der Waals surface area contributed by atoms with Gasteiger partial charge in [0.1, 0.15) is 6.33 Å². The van der Waals surface area contributed by atoms with Crippen LogP contribution >= 0.6 is 0 Å². The molecule has 3 aromatic rings. The van der Waals surface area contributed by atoms with Crippen LogP contribution in [0.5, 0.6) is 0 Å². The summed E-state index contributed by atoms with van der Waals surface area (Å²) in [7, 11) is 0. The summed E-state index contributed by atoms with van der Waals surface area (Å²) in [6.07, 6.45) is 8.26. The summed E-state index contributed by atoms with van der Waals surface area (Å²) in [6.45, 7) is 2.73. The van der Waals surface area contributed by atoms with Crippen molar-refractivity contribution in [1.29, 1.82) is 0 Å². The number of benzene rings is 1. The SMILES string of the molecule is Cc1ccc(C(=O)N2CCCC[C@@H]2c2cccnc2)cc1-n1cnnn1. The fourth-order valence-electron chi connectivity index (χ4n) is 3.52. The van der Waals surface area contributed by atoms with Crippen molar-refractivity contribution in [3.63, 3.8) is 0 Å². The van der Waals surface area contributed by atoms with Gasteiger partial charge < -0.3 is 4.90 Å². The Kier molecular flexibility index (Phi) is 4.43. The largest absolute Gasteiger partial charge is 0.332 e. The minimum absolute atomic E-state index is 0.0351. The molecule has 1 amide bonds. The highest BCUT2D eigenvalue weighted by molar-refractivity contribution is 5.95. The summed E-state index contributed by atoms with van der Waals surface area (Å²) in [4.78, 5) is 19.5. The summed E-state index contributed by atoms with van der Waals surface area (Å²) in [5.74, 6) is 0.0351. The average molecular weight is 348 g/mol. The lowest BCUT2D eigenvalue weighted by Crippen LogP contribution is -2.38. The maximum Gasteiger partial charge on any atom is 0.254 e. The van der Waals surface area contributed by atoms with Crippen LogP contribution in [-0.2, 0) is 0 Å². The number of aromatic nitrogens is 5. The van der Waals surface area contributed by atoms with Gasteiger partial charge in [-0.05, 0) is 65.9 Å². The topological polar surface area (TPSA) is 76.8 Å². The number of piperidine rings is 1. The van der Waals surface area contributed by atoms with Gasteiger partial charge in [-0.2, -0.15) is 0 Å². The van der Waals surface area contributed by atoms with Gasteiger partial charge in [0.2, 0.25) is 0 Å². The lowest BCUT2D eigenvalue weighted by atomic mass is 9.95. The third-order valence-electron chi connectivity index (χ3n) is 4.88. The summed E-state index contributed by atoms with van der Waals surface area (Å²) in [5, 5.41) is 11.3. The number of hydrogen-bond donors (Lipinski definition) is 0. The number of hydrogen-bond acceptors (Lipinski definition) is 5. The standard InChI is InChI=1S/C19H20N6O/c1-14-7-8-15(11-18(14)25-13-21-22-23-25)19(26)24-10-3-2-6-17(24)16-5-4-9-20-12-16/h4-5,7-9,11-13,17H,2-3,6,10H2,1H3/t17-/m1/s1. The van der Waals surface area contributed by atoms with Crippen LogP contribution in [-0.4, -0.2) is 42.5 Å². The van der Waals surface area contributed by atoms with E-state index in [0.29, 0.717) is 5.56 Å². The Bertz CT molecular complexity index is 894. The van der Waals surface area contributed by atoms with E-state index in [1.54, 1.807) is 10.9 Å². The molecule has 0 saturated carbocycles. The van der Waals surface area contributed by atoms with Gasteiger partial charge in [-0.1, -0.05) is 12.1 Å². The van der Waals surface area contributed by atoms with Crippen LogP contribution in [0.3, 0.4) is 0 Å². The van der Waals surface area contributed by atoms with Crippen LogP contribution in [0.25, 0.3) is 5.69 Å². The van der Waals surface area contributed by atoms with Gasteiger partial charge >= 0.3 is 0 Å². The third-order valence-corrected chi connectivity index (χ3v) is 4.88. The number of rotatable bonds is 3. The Hall–Kier alpha value is -3.09. The number of likely N-dealkylation sites (tertiary alicyclic amines) is 1. The van der Waals surface area contributed by atoms with Crippen molar-refractivity contribution in [3.05, 3.63) is 65.7 Å². The van der Waals surface area contributed by atoms with E-state index >= 15 is 0 Å². The zero-order chi connectivity index (χ0) is 17.9. The Morgan fingerprint density at radius 2 is 2.15 bits per heavy atom. The second-order valence-electron chi connectivity index (χ2n) is 6.55. The van der Waals surface area contributed by atoms with E-state index in [-0.39, 0.29) is 11.9 Å². The molecule has 7 heteroatoms. The van der Waals surface area contributed by atoms with Crippen molar-refractivity contribution in [2.45, 2.75) is 32.2 Å². The normalized spacial score (nSPS) is 17.3. The summed E-state index contributed by atoms with van der Waals surface area (Å²) in [6, 6.07) is 9.72. The van der Waals surface area contributed by atoms with E-state index in [0.717, 1.165) is 42.6 Å². The van der Waals surface area contributed by atoms with Crippen LogP contribution in [0, 0.1) is 6.92 Å². The van der Waals surface area contributed by atoms with Crippen LogP contribution in [0.15, 0.2) is 49.1 Å². The smallest absolute Gasteiger partial charge is 0.254 e. The molecule has 1 aliphatic rings. The highest BCUT2D eigenvalue weighted by Gasteiger charge is 2.29. The minimum atomic E-state index is 0.0351. The minimum Gasteiger partial charge on any atom is -0.332 e. The number of aryl methyl sites for hydroxylation is 1. The monoisotopic (exact) mass is 348 g/mol. The Morgan fingerprint density at radius 3 is 2.92 bits per heavy atom. The third kappa shape index (κ3) is 3.08. The number of carbonyl (C=O) groups excluding carboxylic acids is 1. The van der Waals surface area contributed by atoms with Crippen molar-refractivity contribution < 1.29 is 4.79 Å². The summed E-state index contributed by atoms with van der Waals surface area (Å²) >= 11 is 0. The second kappa shape index (κ2) is 7.03. The molecule has 0 aliphatic carbocycles. The van der Waals surface area contributed by atoms with Gasteiger partial charge in [0, 0.05) is 24.5 Å². The lowest BCUT2D eigenvalue weighted by Gasteiger charge is -2.36. The molecule has 1 atom stereocenters. The molecule has 0 radical (unpaired) electrons. The molecule has 132 valence electrons. The molecule has 4 rings (SSSR count). The van der Waals surface area contributed by atoms with E-state index in [9.17, 15) is 4.79 Å². The summed E-state index contributed by atoms with van der Waals surface area (Å²) < 4.78 is 1.58. The zero-order valence-electron chi connectivity index (χ0n) is 14.6. The quantitative estimate of drug-likeness (QED) is 0.727. The molecule has 0 spiro atoms. The molecule has 7 nitrogen and oxygen atoms in total. The van der Waals surface area contributed by atoms with Crippen molar-refractivity contribution in [2.24, 2.45) is 0 Å². The molecule has 3 heterocycles. The maximum absolute atomic E-state index is 13.3. The van der Waals surface area contributed by atoms with Crippen molar-refractivity contribution in [1.82, 2.24) is 30.1 Å². The molecular formula is C19H20N6O. The van der Waals surface area contributed by atoms with Gasteiger partial charge in [0.05, 0.1) is 11.7 Å². The van der Waals surface area contributed by atoms with Crippen molar-refractivity contribution >= 4 is 5.91 Å². The van der Waals surface area contributed by atoms with Crippen LogP contribution in [0.1, 0.15) is 46.8 Å². The van der Waals surface area contributed by atoms with Gasteiger partial charge in [-0.15, -0.1) is 5.10 Å². The van der Waals surface area contributed by atoms with Gasteiger partial charge in [0.15, 0.2) is 0 Å². The van der Waals surface area contributed by atoms with Crippen LogP contribution in [0.2, 0.25) is 0 Å². The van der Waals surface area contributed by atoms with Crippen LogP contribution in [0.4, 0.5) is 0 Å². The predicted octanol–water partition coefficient (Wildman–Crippen LogP) is 2.73. The van der Waals surface area contributed by atoms with E-state index in [4.69, 9.17) is 0 Å². The van der Waals surface area contributed by atoms with Crippen molar-refractivity contribution in [2.75, 3.05) is 6.54 Å². The van der Waals surface area contributed by atoms with E-state index < -0.39 is 0 Å². The first-order chi connectivity index (χ1) is 12.7. The molecule has 1 saturated heterocycles. The molecule has 1 fully saturated rings. The molecule has 1 aliphatic heterocycles. The second-order valence-corrected chi connectivity index (χ2v) is 6.55. The Balaban J connectivity index is 1.67. The van der Waals surface area contributed by atoms with Crippen molar-refractivity contribution in [3.8, 4) is 5.69 Å². The fraction of sp³-hybridized carbons (Fsp3) is 0.316. The Morgan fingerprint density at radius 1 is 1.23 bits per heavy atom. The number of tetrazole rings is 1. The van der Waals surface area contributed by atoms with E-state index in [1.807, 2.05) is 48.4 Å². The first-order valence-corrected chi connectivity index (χ1v) is 8.79. The average Bonchev–Trinajstić information content (AvgIpc) is 3.23. The molecule has 0 N–H and O–H groups in total. The number of nitrogens with zero attached hydrogens (tertiary/aromatic N) is 6. The molecule has 0 bridgehead atoms. The van der Waals surface area contributed by atoms with Gasteiger partial charge in [-0.3, -0.25) is 9.78 Å². The Labute approximate surface area is 151 Å². The van der Waals surface area contributed by atoms with E-state index in [1.165, 1.54) is 6.33 Å². The first kappa shape index (κ1) is 16.4. The molecule has 1 aromatic carbocycles. The highest BCUT2D eigenvalue weighted by atomic mass is 16.2. The molecular weight excluding hydrogens is 328 g/mol. The molecule has 0 unspecified atom stereocenters. The van der Waals surface area contributed by atoms with Crippen LogP contribution < -0.4 is 0 Å². The number of amides is 1. The maximum atomic E-state index is 13.3. The zero-order valence-corrected chi connectivity index (χ0v) is 14.6. The summed E-state index contributed by atoms with van der Waals surface area (Å²) in [5.41, 5.74) is 3.57. The molecule has 2 aromatic heterocycles. The fourth-order valence-corrected chi connectivity index (χ4v) is 3.52. The van der Waals surface area contributed by atoms with Gasteiger partial charge in [-0.25, -0.2) is 4.68 Å². The first-order valence-electron chi connectivity index (χ1n) is 8.79. The predicted molar refractivity (Wildman–Crippen MR) is 95.8 cm³/mol. The van der Waals surface area contributed by atoms with Gasteiger partial charge in [0.25, 0.3) is 5.91 Å².